The van der Waals surface area contributed by atoms with Gasteiger partial charge < -0.3 is 0 Å². The van der Waals surface area contributed by atoms with Crippen LogP contribution in [-0.4, -0.2) is 6.29 Å². The Morgan fingerprint density at radius 1 is 1.50 bits per heavy atom. The van der Waals surface area contributed by atoms with Crippen LogP contribution in [0.1, 0.15) is 28.4 Å². The number of benzene rings is 1. The Balaban J connectivity index is 3.28. The molecule has 0 saturated carbocycles. The van der Waals surface area contributed by atoms with Crippen molar-refractivity contribution in [1.29, 1.82) is 0 Å². The molecule has 1 aromatic rings. The minimum absolute atomic E-state index is 0.159. The van der Waals surface area contributed by atoms with E-state index in [-0.39, 0.29) is 5.56 Å². The molecule has 0 heterocycles. The predicted octanol–water partition coefficient (Wildman–Crippen LogP) is 2.51. The molecule has 1 nitrogen and oxygen atoms in total. The van der Waals surface area contributed by atoms with Crippen LogP contribution in [-0.2, 0) is 6.42 Å². The fourth-order valence-electron chi connectivity index (χ4n) is 1.16. The number of hydrogen-bond donors (Lipinski definition) is 0. The molecule has 0 atom stereocenters. The van der Waals surface area contributed by atoms with E-state index in [4.69, 9.17) is 0 Å². The standard InChI is InChI=1S/C10H11FO/c1-3-8-4-7(2)10(11)9(5-8)6-12/h4-6H,3H2,1-2H3. The lowest BCUT2D eigenvalue weighted by Crippen LogP contribution is -1.94. The van der Waals surface area contributed by atoms with Crippen LogP contribution in [0.15, 0.2) is 12.1 Å². The third-order valence-electron chi connectivity index (χ3n) is 1.88. The lowest BCUT2D eigenvalue weighted by atomic mass is 10.0. The SMILES string of the molecule is CCc1cc(C)c(F)c(C=O)c1. The van der Waals surface area contributed by atoms with Gasteiger partial charge in [-0.3, -0.25) is 4.79 Å². The van der Waals surface area contributed by atoms with Crippen molar-refractivity contribution in [3.05, 3.63) is 34.6 Å². The van der Waals surface area contributed by atoms with Crippen LogP contribution >= 0.6 is 0 Å². The van der Waals surface area contributed by atoms with Crippen molar-refractivity contribution in [3.8, 4) is 0 Å². The van der Waals surface area contributed by atoms with E-state index >= 15 is 0 Å². The quantitative estimate of drug-likeness (QED) is 0.617. The molecule has 0 aliphatic carbocycles. The van der Waals surface area contributed by atoms with Crippen LogP contribution in [0.2, 0.25) is 0 Å². The summed E-state index contributed by atoms with van der Waals surface area (Å²) in [5, 5.41) is 0. The first-order valence-electron chi connectivity index (χ1n) is 3.93. The zero-order valence-corrected chi connectivity index (χ0v) is 7.23. The molecule has 0 aromatic heterocycles. The average Bonchev–Trinajstić information content (AvgIpc) is 2.09. The summed E-state index contributed by atoms with van der Waals surface area (Å²) in [5.41, 5.74) is 1.69. The zero-order chi connectivity index (χ0) is 9.14. The van der Waals surface area contributed by atoms with Gasteiger partial charge in [-0.25, -0.2) is 4.39 Å². The van der Waals surface area contributed by atoms with Crippen molar-refractivity contribution in [1.82, 2.24) is 0 Å². The lowest BCUT2D eigenvalue weighted by Gasteiger charge is -2.02. The molecule has 0 bridgehead atoms. The summed E-state index contributed by atoms with van der Waals surface area (Å²) in [4.78, 5) is 10.4. The van der Waals surface area contributed by atoms with Crippen LogP contribution in [0.25, 0.3) is 0 Å². The third-order valence-corrected chi connectivity index (χ3v) is 1.88. The zero-order valence-electron chi connectivity index (χ0n) is 7.23. The topological polar surface area (TPSA) is 17.1 Å². The second kappa shape index (κ2) is 3.48. The van der Waals surface area contributed by atoms with E-state index in [0.29, 0.717) is 11.8 Å². The van der Waals surface area contributed by atoms with Gasteiger partial charge in [0, 0.05) is 0 Å². The van der Waals surface area contributed by atoms with Crippen molar-refractivity contribution in [2.75, 3.05) is 0 Å². The number of halogens is 1. The molecule has 1 rings (SSSR count). The highest BCUT2D eigenvalue weighted by atomic mass is 19.1. The van der Waals surface area contributed by atoms with Gasteiger partial charge in [-0.05, 0) is 30.5 Å². The first-order valence-corrected chi connectivity index (χ1v) is 3.93. The highest BCUT2D eigenvalue weighted by Crippen LogP contribution is 2.14. The summed E-state index contributed by atoms with van der Waals surface area (Å²) in [7, 11) is 0. The smallest absolute Gasteiger partial charge is 0.153 e. The normalized spacial score (nSPS) is 9.92. The minimum atomic E-state index is -0.401. The van der Waals surface area contributed by atoms with Crippen LogP contribution in [0.3, 0.4) is 0 Å². The van der Waals surface area contributed by atoms with E-state index in [1.807, 2.05) is 6.92 Å². The molecule has 12 heavy (non-hydrogen) atoms. The molecule has 2 heteroatoms. The summed E-state index contributed by atoms with van der Waals surface area (Å²) < 4.78 is 13.1. The Morgan fingerprint density at radius 3 is 2.67 bits per heavy atom. The second-order valence-corrected chi connectivity index (χ2v) is 2.79. The Labute approximate surface area is 71.2 Å². The molecular weight excluding hydrogens is 155 g/mol. The van der Waals surface area contributed by atoms with Gasteiger partial charge in [-0.1, -0.05) is 13.0 Å². The molecule has 0 spiro atoms. The Bertz CT molecular complexity index is 305. The van der Waals surface area contributed by atoms with E-state index in [1.165, 1.54) is 0 Å². The van der Waals surface area contributed by atoms with Gasteiger partial charge in [-0.2, -0.15) is 0 Å². The van der Waals surface area contributed by atoms with E-state index in [9.17, 15) is 9.18 Å². The Morgan fingerprint density at radius 2 is 2.17 bits per heavy atom. The molecule has 1 aromatic carbocycles. The number of aldehydes is 1. The fraction of sp³-hybridized carbons (Fsp3) is 0.300. The van der Waals surface area contributed by atoms with E-state index in [1.54, 1.807) is 19.1 Å². The summed E-state index contributed by atoms with van der Waals surface area (Å²) in [6, 6.07) is 3.36. The molecule has 0 amide bonds. The molecule has 64 valence electrons. The minimum Gasteiger partial charge on any atom is -0.298 e. The van der Waals surface area contributed by atoms with Gasteiger partial charge in [-0.15, -0.1) is 0 Å². The lowest BCUT2D eigenvalue weighted by molar-refractivity contribution is 0.111. The van der Waals surface area contributed by atoms with Crippen LogP contribution in [0, 0.1) is 12.7 Å². The first kappa shape index (κ1) is 8.91. The van der Waals surface area contributed by atoms with Gasteiger partial charge in [0.25, 0.3) is 0 Å². The first-order chi connectivity index (χ1) is 5.69. The Hall–Kier alpha value is -1.18. The second-order valence-electron chi connectivity index (χ2n) is 2.79. The van der Waals surface area contributed by atoms with Gasteiger partial charge >= 0.3 is 0 Å². The van der Waals surface area contributed by atoms with Crippen LogP contribution in [0.4, 0.5) is 4.39 Å². The average molecular weight is 166 g/mol. The molecule has 0 unspecified atom stereocenters. The molecule has 0 N–H and O–H groups in total. The summed E-state index contributed by atoms with van der Waals surface area (Å²) in [6.07, 6.45) is 1.38. The maximum absolute atomic E-state index is 13.1. The third kappa shape index (κ3) is 1.52. The number of carbonyl (C=O) groups excluding carboxylic acids is 1. The van der Waals surface area contributed by atoms with Crippen molar-refractivity contribution < 1.29 is 9.18 Å². The Kier molecular flexibility index (Phi) is 2.58. The van der Waals surface area contributed by atoms with Crippen LogP contribution < -0.4 is 0 Å². The van der Waals surface area contributed by atoms with Crippen molar-refractivity contribution in [2.24, 2.45) is 0 Å². The number of carbonyl (C=O) groups is 1. The van der Waals surface area contributed by atoms with Gasteiger partial charge in [0.1, 0.15) is 5.82 Å². The predicted molar refractivity (Wildman–Crippen MR) is 45.9 cm³/mol. The monoisotopic (exact) mass is 166 g/mol. The van der Waals surface area contributed by atoms with Gasteiger partial charge in [0.15, 0.2) is 6.29 Å². The van der Waals surface area contributed by atoms with E-state index < -0.39 is 5.82 Å². The maximum Gasteiger partial charge on any atom is 0.153 e. The maximum atomic E-state index is 13.1. The summed E-state index contributed by atoms with van der Waals surface area (Å²) in [5.74, 6) is -0.401. The molecule has 0 aliphatic heterocycles. The molecule has 0 saturated heterocycles. The van der Waals surface area contributed by atoms with Crippen molar-refractivity contribution >= 4 is 6.29 Å². The van der Waals surface area contributed by atoms with Gasteiger partial charge in [0.05, 0.1) is 5.56 Å². The van der Waals surface area contributed by atoms with Crippen molar-refractivity contribution in [2.45, 2.75) is 20.3 Å². The molecular formula is C10H11FO. The van der Waals surface area contributed by atoms with Crippen molar-refractivity contribution in [3.63, 3.8) is 0 Å². The fourth-order valence-corrected chi connectivity index (χ4v) is 1.16. The molecule has 0 aliphatic rings. The number of hydrogen-bond acceptors (Lipinski definition) is 1. The highest BCUT2D eigenvalue weighted by Gasteiger charge is 2.05. The largest absolute Gasteiger partial charge is 0.298 e. The number of aryl methyl sites for hydroxylation is 2. The molecule has 0 radical (unpaired) electrons. The highest BCUT2D eigenvalue weighted by molar-refractivity contribution is 5.76. The summed E-state index contributed by atoms with van der Waals surface area (Å²) in [6.45, 7) is 3.64. The summed E-state index contributed by atoms with van der Waals surface area (Å²) >= 11 is 0. The van der Waals surface area contributed by atoms with E-state index in [0.717, 1.165) is 12.0 Å². The van der Waals surface area contributed by atoms with Gasteiger partial charge in [0.2, 0.25) is 0 Å². The van der Waals surface area contributed by atoms with E-state index in [2.05, 4.69) is 0 Å². The van der Waals surface area contributed by atoms with Crippen LogP contribution in [0.5, 0.6) is 0 Å². The number of rotatable bonds is 2. The molecule has 0 fully saturated rings.